The molecule has 0 spiro atoms. The van der Waals surface area contributed by atoms with Crippen molar-refractivity contribution in [3.63, 3.8) is 0 Å². The minimum atomic E-state index is -0.514. The number of halogens is 1. The molecule has 0 atom stereocenters. The van der Waals surface area contributed by atoms with Crippen LogP contribution in [-0.4, -0.2) is 0 Å². The first-order valence-corrected chi connectivity index (χ1v) is 12.5. The molecule has 0 fully saturated rings. The summed E-state index contributed by atoms with van der Waals surface area (Å²) in [4.78, 5) is 0. The lowest BCUT2D eigenvalue weighted by Gasteiger charge is -2.20. The second-order valence-corrected chi connectivity index (χ2v) is 10.3. The second-order valence-electron chi connectivity index (χ2n) is 7.31. The fourth-order valence-electron chi connectivity index (χ4n) is 3.52. The van der Waals surface area contributed by atoms with Gasteiger partial charge in [-0.25, -0.2) is 0 Å². The van der Waals surface area contributed by atoms with Crippen LogP contribution in [0.3, 0.4) is 0 Å². The zero-order valence-electron chi connectivity index (χ0n) is 17.4. The molecule has 0 aliphatic heterocycles. The molecule has 0 radical (unpaired) electrons. The lowest BCUT2D eigenvalue weighted by molar-refractivity contribution is 1.51. The van der Waals surface area contributed by atoms with Crippen LogP contribution >= 0.6 is 23.9 Å². The zero-order valence-corrected chi connectivity index (χ0v) is 19.9. The summed E-state index contributed by atoms with van der Waals surface area (Å²) in [5.41, 5.74) is 1.32. The van der Waals surface area contributed by atoms with Crippen LogP contribution in [0.5, 0.6) is 0 Å². The van der Waals surface area contributed by atoms with E-state index in [1.165, 1.54) is 36.7 Å². The van der Waals surface area contributed by atoms with E-state index in [9.17, 15) is 0 Å². The predicted molar refractivity (Wildman–Crippen MR) is 142 cm³/mol. The van der Waals surface area contributed by atoms with E-state index >= 15 is 0 Å². The zero-order chi connectivity index (χ0) is 21.5. The minimum absolute atomic E-state index is 0.514. The van der Waals surface area contributed by atoms with Gasteiger partial charge in [-0.2, -0.15) is 0 Å². The van der Waals surface area contributed by atoms with E-state index in [1.54, 1.807) is 0 Å². The largest absolute Gasteiger partial charge is 0.0622 e. The minimum Gasteiger partial charge on any atom is -0.0622 e. The Hall–Kier alpha value is -2.73. The molecule has 0 aromatic heterocycles. The molecule has 0 N–H and O–H groups in total. The maximum atomic E-state index is 3.71. The molecule has 0 bridgehead atoms. The highest BCUT2D eigenvalue weighted by atomic mass is 79.9. The van der Waals surface area contributed by atoms with Gasteiger partial charge in [0.05, 0.1) is 0 Å². The van der Waals surface area contributed by atoms with Crippen LogP contribution in [0.1, 0.15) is 5.56 Å². The second kappa shape index (κ2) is 10.5. The summed E-state index contributed by atoms with van der Waals surface area (Å²) in [6.07, 6.45) is 0. The van der Waals surface area contributed by atoms with Crippen LogP contribution < -0.4 is 15.9 Å². The standard InChI is InChI=1S/C18H14BrP.C11H10/c19-17-13-7-8-14-18(17)20(15-9-3-1-4-10-15)16-11-5-2-6-12-16;1-9-6-7-10-4-2-3-5-11(10)8-9/h1-14H;2-8H,1H3. The van der Waals surface area contributed by atoms with Gasteiger partial charge >= 0.3 is 0 Å². The van der Waals surface area contributed by atoms with E-state index in [4.69, 9.17) is 0 Å². The molecule has 0 saturated heterocycles. The summed E-state index contributed by atoms with van der Waals surface area (Å²) in [5, 5.41) is 6.76. The third-order valence-corrected chi connectivity index (χ3v) is 8.53. The monoisotopic (exact) mass is 482 g/mol. The number of hydrogen-bond donors (Lipinski definition) is 0. The van der Waals surface area contributed by atoms with Gasteiger partial charge in [-0.15, -0.1) is 0 Å². The highest BCUT2D eigenvalue weighted by Gasteiger charge is 2.17. The molecular formula is C29H24BrP. The van der Waals surface area contributed by atoms with E-state index in [2.05, 4.69) is 150 Å². The molecule has 0 nitrogen and oxygen atoms in total. The average Bonchev–Trinajstić information content (AvgIpc) is 2.82. The summed E-state index contributed by atoms with van der Waals surface area (Å²) in [6.45, 7) is 2.12. The molecule has 5 aromatic rings. The number of fused-ring (bicyclic) bond motifs is 1. The quantitative estimate of drug-likeness (QED) is 0.235. The normalized spacial score (nSPS) is 10.5. The molecule has 0 unspecified atom stereocenters. The summed E-state index contributed by atoms with van der Waals surface area (Å²) >= 11 is 3.71. The molecule has 0 heterocycles. The third-order valence-electron chi connectivity index (χ3n) is 5.03. The highest BCUT2D eigenvalue weighted by Crippen LogP contribution is 2.35. The van der Waals surface area contributed by atoms with Gasteiger partial charge in [0.2, 0.25) is 0 Å². The molecule has 0 aliphatic rings. The van der Waals surface area contributed by atoms with Crippen molar-refractivity contribution in [3.05, 3.63) is 137 Å². The lowest BCUT2D eigenvalue weighted by Crippen LogP contribution is -2.21. The Bertz CT molecular complexity index is 1210. The van der Waals surface area contributed by atoms with Gasteiger partial charge in [0, 0.05) is 4.47 Å². The van der Waals surface area contributed by atoms with Crippen molar-refractivity contribution < 1.29 is 0 Å². The average molecular weight is 483 g/mol. The van der Waals surface area contributed by atoms with Gasteiger partial charge in [-0.3, -0.25) is 0 Å². The van der Waals surface area contributed by atoms with Crippen molar-refractivity contribution in [2.24, 2.45) is 0 Å². The number of benzene rings is 5. The van der Waals surface area contributed by atoms with E-state index in [-0.39, 0.29) is 0 Å². The maximum Gasteiger partial charge on any atom is 0.0258 e. The van der Waals surface area contributed by atoms with Gasteiger partial charge in [0.1, 0.15) is 0 Å². The summed E-state index contributed by atoms with van der Waals surface area (Å²) in [6, 6.07) is 44.9. The van der Waals surface area contributed by atoms with Crippen molar-refractivity contribution in [3.8, 4) is 0 Å². The fraction of sp³-hybridized carbons (Fsp3) is 0.0345. The molecule has 152 valence electrons. The molecule has 0 saturated carbocycles. The predicted octanol–water partition coefficient (Wildman–Crippen LogP) is 7.36. The molecule has 5 aromatic carbocycles. The van der Waals surface area contributed by atoms with E-state index in [0.717, 1.165) is 0 Å². The fourth-order valence-corrected chi connectivity index (χ4v) is 6.66. The summed E-state index contributed by atoms with van der Waals surface area (Å²) in [7, 11) is -0.514. The molecule has 5 rings (SSSR count). The SMILES string of the molecule is Brc1ccccc1P(c1ccccc1)c1ccccc1.Cc1ccc2ccccc2c1. The smallest absolute Gasteiger partial charge is 0.0258 e. The highest BCUT2D eigenvalue weighted by molar-refractivity contribution is 9.10. The Balaban J connectivity index is 0.000000177. The Morgan fingerprint density at radius 1 is 0.516 bits per heavy atom. The van der Waals surface area contributed by atoms with E-state index in [0.29, 0.717) is 0 Å². The molecule has 0 amide bonds. The molecule has 0 aliphatic carbocycles. The van der Waals surface area contributed by atoms with Crippen LogP contribution in [0.2, 0.25) is 0 Å². The summed E-state index contributed by atoms with van der Waals surface area (Å²) < 4.78 is 1.18. The number of hydrogen-bond acceptors (Lipinski definition) is 0. The number of aryl methyl sites for hydroxylation is 1. The van der Waals surface area contributed by atoms with Crippen molar-refractivity contribution in [1.29, 1.82) is 0 Å². The summed E-state index contributed by atoms with van der Waals surface area (Å²) in [5.74, 6) is 0. The van der Waals surface area contributed by atoms with E-state index in [1.807, 2.05) is 0 Å². The Labute approximate surface area is 194 Å². The van der Waals surface area contributed by atoms with Gasteiger partial charge in [-0.1, -0.05) is 143 Å². The molecule has 2 heteroatoms. The van der Waals surface area contributed by atoms with Gasteiger partial charge in [0.25, 0.3) is 0 Å². The van der Waals surface area contributed by atoms with Crippen molar-refractivity contribution in [2.45, 2.75) is 6.92 Å². The first kappa shape index (κ1) is 21.5. The van der Waals surface area contributed by atoms with Crippen molar-refractivity contribution in [1.82, 2.24) is 0 Å². The van der Waals surface area contributed by atoms with Gasteiger partial charge < -0.3 is 0 Å². The van der Waals surface area contributed by atoms with Crippen LogP contribution in [0, 0.1) is 6.92 Å². The third kappa shape index (κ3) is 5.50. The lowest BCUT2D eigenvalue weighted by atomic mass is 10.1. The first-order valence-electron chi connectivity index (χ1n) is 10.3. The van der Waals surface area contributed by atoms with Crippen molar-refractivity contribution in [2.75, 3.05) is 0 Å². The van der Waals surface area contributed by atoms with E-state index < -0.39 is 7.92 Å². The topological polar surface area (TPSA) is 0 Å². The Morgan fingerprint density at radius 2 is 1.03 bits per heavy atom. The first-order chi connectivity index (χ1) is 15.2. The van der Waals surface area contributed by atoms with Crippen LogP contribution in [-0.2, 0) is 0 Å². The molecule has 31 heavy (non-hydrogen) atoms. The van der Waals surface area contributed by atoms with Gasteiger partial charge in [-0.05, 0) is 47.6 Å². The Morgan fingerprint density at radius 3 is 1.65 bits per heavy atom. The molecular weight excluding hydrogens is 459 g/mol. The van der Waals surface area contributed by atoms with Crippen LogP contribution in [0.15, 0.2) is 132 Å². The van der Waals surface area contributed by atoms with Crippen LogP contribution in [0.25, 0.3) is 10.8 Å². The van der Waals surface area contributed by atoms with Crippen molar-refractivity contribution >= 4 is 50.5 Å². The number of rotatable bonds is 3. The maximum absolute atomic E-state index is 3.71. The van der Waals surface area contributed by atoms with Crippen LogP contribution in [0.4, 0.5) is 0 Å². The van der Waals surface area contributed by atoms with Gasteiger partial charge in [0.15, 0.2) is 0 Å². The Kier molecular flexibility index (Phi) is 7.30.